The second kappa shape index (κ2) is 6.05. The van der Waals surface area contributed by atoms with Crippen molar-refractivity contribution >= 4 is 17.4 Å². The van der Waals surface area contributed by atoms with E-state index in [1.807, 2.05) is 0 Å². The summed E-state index contributed by atoms with van der Waals surface area (Å²) in [5.74, 6) is -0.152. The van der Waals surface area contributed by atoms with Crippen LogP contribution in [0.25, 0.3) is 0 Å². The molecule has 116 valence electrons. The first-order valence-electron chi connectivity index (χ1n) is 6.40. The summed E-state index contributed by atoms with van der Waals surface area (Å²) in [4.78, 5) is 17.9. The standard InChI is InChI=1S/C15H14F3N3O/c1-21(2)13-8-7-10(9-19-13)20-14(22)11-5-3-4-6-12(11)15(16,17)18/h3-9H,1-2H3,(H,20,22). The van der Waals surface area contributed by atoms with E-state index in [4.69, 9.17) is 0 Å². The summed E-state index contributed by atoms with van der Waals surface area (Å²) in [6.07, 6.45) is -3.19. The summed E-state index contributed by atoms with van der Waals surface area (Å²) in [7, 11) is 3.61. The smallest absolute Gasteiger partial charge is 0.363 e. The van der Waals surface area contributed by atoms with Crippen LogP contribution in [0.15, 0.2) is 42.6 Å². The van der Waals surface area contributed by atoms with Gasteiger partial charge in [0.25, 0.3) is 5.91 Å². The number of carbonyl (C=O) groups excluding carboxylic acids is 1. The molecule has 0 spiro atoms. The third-order valence-electron chi connectivity index (χ3n) is 2.94. The highest BCUT2D eigenvalue weighted by Crippen LogP contribution is 2.32. The Morgan fingerprint density at radius 3 is 2.36 bits per heavy atom. The van der Waals surface area contributed by atoms with E-state index in [0.717, 1.165) is 12.1 Å². The summed E-state index contributed by atoms with van der Waals surface area (Å²) in [5.41, 5.74) is -1.07. The van der Waals surface area contributed by atoms with Crippen LogP contribution < -0.4 is 10.2 Å². The second-order valence-electron chi connectivity index (χ2n) is 4.80. The normalized spacial score (nSPS) is 11.1. The van der Waals surface area contributed by atoms with E-state index < -0.39 is 23.2 Å². The minimum atomic E-state index is -4.58. The number of amides is 1. The summed E-state index contributed by atoms with van der Waals surface area (Å²) in [5, 5.41) is 2.42. The molecule has 1 amide bonds. The van der Waals surface area contributed by atoms with Crippen molar-refractivity contribution in [1.29, 1.82) is 0 Å². The molecule has 2 aromatic rings. The Kier molecular flexibility index (Phi) is 4.35. The molecule has 1 heterocycles. The van der Waals surface area contributed by atoms with Gasteiger partial charge in [-0.2, -0.15) is 13.2 Å². The zero-order chi connectivity index (χ0) is 16.3. The van der Waals surface area contributed by atoms with Crippen molar-refractivity contribution in [3.05, 3.63) is 53.7 Å². The molecular formula is C15H14F3N3O. The SMILES string of the molecule is CN(C)c1ccc(NC(=O)c2ccccc2C(F)(F)F)cn1. The lowest BCUT2D eigenvalue weighted by Crippen LogP contribution is -2.19. The van der Waals surface area contributed by atoms with Gasteiger partial charge in [0.1, 0.15) is 5.82 Å². The third kappa shape index (κ3) is 3.55. The Labute approximate surface area is 125 Å². The number of nitrogens with one attached hydrogen (secondary N) is 1. The van der Waals surface area contributed by atoms with E-state index in [-0.39, 0.29) is 0 Å². The summed E-state index contributed by atoms with van der Waals surface area (Å²) in [6, 6.07) is 7.88. The zero-order valence-electron chi connectivity index (χ0n) is 12.0. The Hall–Kier alpha value is -2.57. The molecule has 0 aliphatic rings. The number of halogens is 3. The highest BCUT2D eigenvalue weighted by atomic mass is 19.4. The van der Waals surface area contributed by atoms with Crippen LogP contribution in [0.5, 0.6) is 0 Å². The third-order valence-corrected chi connectivity index (χ3v) is 2.94. The van der Waals surface area contributed by atoms with E-state index in [2.05, 4.69) is 10.3 Å². The topological polar surface area (TPSA) is 45.2 Å². The molecule has 0 aliphatic heterocycles. The molecule has 0 saturated carbocycles. The van der Waals surface area contributed by atoms with Crippen LogP contribution in [0.2, 0.25) is 0 Å². The van der Waals surface area contributed by atoms with Crippen molar-refractivity contribution in [3.8, 4) is 0 Å². The van der Waals surface area contributed by atoms with Crippen molar-refractivity contribution in [3.63, 3.8) is 0 Å². The predicted molar refractivity (Wildman–Crippen MR) is 78.0 cm³/mol. The number of aromatic nitrogens is 1. The molecule has 0 saturated heterocycles. The largest absolute Gasteiger partial charge is 0.417 e. The number of pyridine rings is 1. The number of hydrogen-bond acceptors (Lipinski definition) is 3. The summed E-state index contributed by atoms with van der Waals surface area (Å²) in [6.45, 7) is 0. The molecule has 0 atom stereocenters. The van der Waals surface area contributed by atoms with Crippen molar-refractivity contribution in [1.82, 2.24) is 4.98 Å². The lowest BCUT2D eigenvalue weighted by atomic mass is 10.1. The van der Waals surface area contributed by atoms with E-state index in [9.17, 15) is 18.0 Å². The Morgan fingerprint density at radius 2 is 1.82 bits per heavy atom. The molecular weight excluding hydrogens is 295 g/mol. The van der Waals surface area contributed by atoms with Crippen LogP contribution in [0.3, 0.4) is 0 Å². The average Bonchev–Trinajstić information content (AvgIpc) is 2.47. The first-order chi connectivity index (χ1) is 10.3. The Bertz CT molecular complexity index is 666. The maximum absolute atomic E-state index is 12.9. The lowest BCUT2D eigenvalue weighted by molar-refractivity contribution is -0.137. The molecule has 0 bridgehead atoms. The maximum atomic E-state index is 12.9. The molecule has 7 heteroatoms. The average molecular weight is 309 g/mol. The molecule has 0 radical (unpaired) electrons. The molecule has 1 N–H and O–H groups in total. The van der Waals surface area contributed by atoms with Gasteiger partial charge in [0.2, 0.25) is 0 Å². The van der Waals surface area contributed by atoms with Gasteiger partial charge < -0.3 is 10.2 Å². The van der Waals surface area contributed by atoms with Crippen LogP contribution in [0.1, 0.15) is 15.9 Å². The predicted octanol–water partition coefficient (Wildman–Crippen LogP) is 3.42. The lowest BCUT2D eigenvalue weighted by Gasteiger charge is -2.14. The highest BCUT2D eigenvalue weighted by molar-refractivity contribution is 6.05. The van der Waals surface area contributed by atoms with Crippen molar-refractivity contribution in [2.45, 2.75) is 6.18 Å². The highest BCUT2D eigenvalue weighted by Gasteiger charge is 2.34. The van der Waals surface area contributed by atoms with Gasteiger partial charge in [0.05, 0.1) is 23.0 Å². The van der Waals surface area contributed by atoms with Crippen LogP contribution in [-0.2, 0) is 6.18 Å². The molecule has 22 heavy (non-hydrogen) atoms. The second-order valence-corrected chi connectivity index (χ2v) is 4.80. The minimum Gasteiger partial charge on any atom is -0.363 e. The molecule has 1 aromatic carbocycles. The Balaban J connectivity index is 2.23. The van der Waals surface area contributed by atoms with Gasteiger partial charge in [-0.3, -0.25) is 4.79 Å². The van der Waals surface area contributed by atoms with Gasteiger partial charge >= 0.3 is 6.18 Å². The van der Waals surface area contributed by atoms with Crippen LogP contribution >= 0.6 is 0 Å². The van der Waals surface area contributed by atoms with Crippen LogP contribution in [0.4, 0.5) is 24.7 Å². The number of nitrogens with zero attached hydrogens (tertiary/aromatic N) is 2. The van der Waals surface area contributed by atoms with Crippen molar-refractivity contribution in [2.75, 3.05) is 24.3 Å². The fraction of sp³-hybridized carbons (Fsp3) is 0.200. The number of alkyl halides is 3. The van der Waals surface area contributed by atoms with Crippen molar-refractivity contribution in [2.24, 2.45) is 0 Å². The van der Waals surface area contributed by atoms with E-state index in [1.54, 1.807) is 31.1 Å². The molecule has 0 fully saturated rings. The fourth-order valence-electron chi connectivity index (χ4n) is 1.85. The monoisotopic (exact) mass is 309 g/mol. The molecule has 4 nitrogen and oxygen atoms in total. The van der Waals surface area contributed by atoms with Gasteiger partial charge in [0.15, 0.2) is 0 Å². The summed E-state index contributed by atoms with van der Waals surface area (Å²) < 4.78 is 38.7. The number of hydrogen-bond donors (Lipinski definition) is 1. The number of benzene rings is 1. The molecule has 2 rings (SSSR count). The summed E-state index contributed by atoms with van der Waals surface area (Å²) >= 11 is 0. The van der Waals surface area contributed by atoms with E-state index in [0.29, 0.717) is 11.5 Å². The van der Waals surface area contributed by atoms with Crippen LogP contribution in [0, 0.1) is 0 Å². The molecule has 0 unspecified atom stereocenters. The zero-order valence-corrected chi connectivity index (χ0v) is 12.0. The number of rotatable bonds is 3. The Morgan fingerprint density at radius 1 is 1.14 bits per heavy atom. The van der Waals surface area contributed by atoms with Gasteiger partial charge in [-0.25, -0.2) is 4.98 Å². The first kappa shape index (κ1) is 15.8. The van der Waals surface area contributed by atoms with E-state index >= 15 is 0 Å². The van der Waals surface area contributed by atoms with Gasteiger partial charge in [-0.15, -0.1) is 0 Å². The minimum absolute atomic E-state index is 0.326. The van der Waals surface area contributed by atoms with Crippen LogP contribution in [-0.4, -0.2) is 25.0 Å². The van der Waals surface area contributed by atoms with Gasteiger partial charge in [-0.05, 0) is 24.3 Å². The number of anilines is 2. The van der Waals surface area contributed by atoms with Crippen molar-refractivity contribution < 1.29 is 18.0 Å². The molecule has 1 aromatic heterocycles. The van der Waals surface area contributed by atoms with E-state index in [1.165, 1.54) is 18.3 Å². The maximum Gasteiger partial charge on any atom is 0.417 e. The first-order valence-corrected chi connectivity index (χ1v) is 6.40. The van der Waals surface area contributed by atoms with Gasteiger partial charge in [-0.1, -0.05) is 12.1 Å². The quantitative estimate of drug-likeness (QED) is 0.945. The number of carbonyl (C=O) groups is 1. The van der Waals surface area contributed by atoms with Gasteiger partial charge in [0, 0.05) is 14.1 Å². The fourth-order valence-corrected chi connectivity index (χ4v) is 1.85. The molecule has 0 aliphatic carbocycles.